The Morgan fingerprint density at radius 2 is 1.91 bits per heavy atom. The van der Waals surface area contributed by atoms with E-state index in [1.807, 2.05) is 30.5 Å². The highest BCUT2D eigenvalue weighted by Crippen LogP contribution is 2.19. The average Bonchev–Trinajstić information content (AvgIpc) is 2.82. The number of ether oxygens (including phenoxy) is 1. The van der Waals surface area contributed by atoms with Gasteiger partial charge in [-0.3, -0.25) is 9.88 Å². The first-order valence-electron chi connectivity index (χ1n) is 11.4. The first kappa shape index (κ1) is 22.5. The third-order valence-corrected chi connectivity index (χ3v) is 5.95. The molecule has 32 heavy (non-hydrogen) atoms. The number of aromatic nitrogens is 1. The summed E-state index contributed by atoms with van der Waals surface area (Å²) in [7, 11) is 2.12. The van der Waals surface area contributed by atoms with Gasteiger partial charge in [0, 0.05) is 51.0 Å². The third-order valence-electron chi connectivity index (χ3n) is 5.95. The Morgan fingerprint density at radius 1 is 1.06 bits per heavy atom. The van der Waals surface area contributed by atoms with Gasteiger partial charge in [-0.15, -0.1) is 0 Å². The first-order chi connectivity index (χ1) is 15.7. The second-order valence-corrected chi connectivity index (χ2v) is 8.67. The third kappa shape index (κ3) is 6.63. The molecule has 0 bridgehead atoms. The smallest absolute Gasteiger partial charge is 0.119 e. The molecule has 0 spiro atoms. The van der Waals surface area contributed by atoms with Gasteiger partial charge >= 0.3 is 0 Å². The van der Waals surface area contributed by atoms with Crippen LogP contribution in [0.2, 0.25) is 0 Å². The van der Waals surface area contributed by atoms with Crippen molar-refractivity contribution in [2.45, 2.75) is 32.0 Å². The largest absolute Gasteiger partial charge is 0.491 e. The fourth-order valence-electron chi connectivity index (χ4n) is 4.23. The van der Waals surface area contributed by atoms with Crippen molar-refractivity contribution in [3.63, 3.8) is 0 Å². The van der Waals surface area contributed by atoms with Crippen molar-refractivity contribution in [2.75, 3.05) is 33.3 Å². The minimum Gasteiger partial charge on any atom is -0.491 e. The van der Waals surface area contributed by atoms with Gasteiger partial charge in [0.25, 0.3) is 0 Å². The van der Waals surface area contributed by atoms with Crippen LogP contribution in [0, 0.1) is 0 Å². The van der Waals surface area contributed by atoms with Gasteiger partial charge in [-0.25, -0.2) is 0 Å². The molecular weight excluding hydrogens is 398 g/mol. The molecule has 2 heterocycles. The zero-order valence-electron chi connectivity index (χ0n) is 18.9. The van der Waals surface area contributed by atoms with E-state index in [1.165, 1.54) is 16.7 Å². The predicted molar refractivity (Wildman–Crippen MR) is 128 cm³/mol. The molecule has 0 radical (unpaired) electrons. The lowest BCUT2D eigenvalue weighted by Crippen LogP contribution is -2.38. The molecule has 1 aromatic heterocycles. The van der Waals surface area contributed by atoms with E-state index in [9.17, 15) is 5.11 Å². The molecule has 5 heteroatoms. The van der Waals surface area contributed by atoms with Crippen LogP contribution in [0.5, 0.6) is 5.75 Å². The number of pyridine rings is 1. The van der Waals surface area contributed by atoms with Crippen molar-refractivity contribution in [2.24, 2.45) is 0 Å². The molecule has 0 fully saturated rings. The van der Waals surface area contributed by atoms with Crippen molar-refractivity contribution < 1.29 is 9.84 Å². The number of rotatable bonds is 10. The molecule has 1 aliphatic heterocycles. The minimum atomic E-state index is -0.509. The van der Waals surface area contributed by atoms with Gasteiger partial charge in [-0.05, 0) is 54.4 Å². The lowest BCUT2D eigenvalue weighted by Gasteiger charge is -2.30. The van der Waals surface area contributed by atoms with Gasteiger partial charge in [-0.1, -0.05) is 42.5 Å². The summed E-state index contributed by atoms with van der Waals surface area (Å²) in [5.41, 5.74) is 5.11. The Balaban J connectivity index is 1.21. The maximum absolute atomic E-state index is 10.5. The molecule has 0 amide bonds. The summed E-state index contributed by atoms with van der Waals surface area (Å²) in [6.45, 7) is 4.60. The molecule has 168 valence electrons. The fraction of sp³-hybridized carbons (Fsp3) is 0.370. The Hall–Kier alpha value is -2.73. The van der Waals surface area contributed by atoms with Gasteiger partial charge in [0.2, 0.25) is 0 Å². The second-order valence-electron chi connectivity index (χ2n) is 8.67. The fourth-order valence-corrected chi connectivity index (χ4v) is 4.23. The lowest BCUT2D eigenvalue weighted by atomic mass is 10.00. The van der Waals surface area contributed by atoms with E-state index >= 15 is 0 Å². The summed E-state index contributed by atoms with van der Waals surface area (Å²) >= 11 is 0. The Morgan fingerprint density at radius 3 is 2.75 bits per heavy atom. The van der Waals surface area contributed by atoms with Gasteiger partial charge < -0.3 is 14.7 Å². The van der Waals surface area contributed by atoms with Gasteiger partial charge in [0.05, 0.1) is 0 Å². The number of hydrogen-bond acceptors (Lipinski definition) is 5. The minimum absolute atomic E-state index is 0.303. The number of hydrogen-bond donors (Lipinski definition) is 1. The van der Waals surface area contributed by atoms with E-state index in [2.05, 4.69) is 64.3 Å². The van der Waals surface area contributed by atoms with Crippen molar-refractivity contribution in [3.8, 4) is 5.75 Å². The number of benzene rings is 2. The topological polar surface area (TPSA) is 48.8 Å². The summed E-state index contributed by atoms with van der Waals surface area (Å²) in [5, 5.41) is 10.5. The average molecular weight is 432 g/mol. The van der Waals surface area contributed by atoms with Crippen LogP contribution >= 0.6 is 0 Å². The summed E-state index contributed by atoms with van der Waals surface area (Å²) in [5.74, 6) is 0.809. The molecule has 1 N–H and O–H groups in total. The maximum Gasteiger partial charge on any atom is 0.119 e. The molecule has 0 saturated heterocycles. The Bertz CT molecular complexity index is 979. The van der Waals surface area contributed by atoms with E-state index in [0.717, 1.165) is 50.5 Å². The summed E-state index contributed by atoms with van der Waals surface area (Å²) in [6, 6.07) is 22.8. The quantitative estimate of drug-likeness (QED) is 0.532. The van der Waals surface area contributed by atoms with Gasteiger partial charge in [0.15, 0.2) is 0 Å². The van der Waals surface area contributed by atoms with Gasteiger partial charge in [-0.2, -0.15) is 0 Å². The number of nitrogens with zero attached hydrogens (tertiary/aromatic N) is 3. The SMILES string of the molecule is CN(CCc1ccccn1)Cc1cccc(OC[C@@H](O)CN2CCc3ccccc3C2)c1. The van der Waals surface area contributed by atoms with E-state index in [4.69, 9.17) is 4.74 Å². The predicted octanol–water partition coefficient (Wildman–Crippen LogP) is 3.55. The van der Waals surface area contributed by atoms with E-state index in [0.29, 0.717) is 13.2 Å². The van der Waals surface area contributed by atoms with Crippen LogP contribution in [-0.4, -0.2) is 59.3 Å². The number of fused-ring (bicyclic) bond motifs is 1. The number of β-amino-alcohol motifs (C(OH)–C–C–N with tert-alkyl or cyclic N) is 1. The van der Waals surface area contributed by atoms with Crippen LogP contribution in [0.4, 0.5) is 0 Å². The molecular formula is C27H33N3O2. The van der Waals surface area contributed by atoms with Crippen LogP contribution in [-0.2, 0) is 25.9 Å². The monoisotopic (exact) mass is 431 g/mol. The maximum atomic E-state index is 10.5. The second kappa shape index (κ2) is 11.2. The molecule has 1 atom stereocenters. The van der Waals surface area contributed by atoms with Crippen LogP contribution < -0.4 is 4.74 Å². The summed E-state index contributed by atoms with van der Waals surface area (Å²) in [4.78, 5) is 8.99. The standard InChI is InChI=1S/C27H33N3O2/c1-29(15-13-25-10-4-5-14-28-25)18-22-7-6-11-27(17-22)32-21-26(31)20-30-16-12-23-8-2-3-9-24(23)19-30/h2-11,14,17,26,31H,12-13,15-16,18-21H2,1H3/t26-/m0/s1. The molecule has 2 aromatic carbocycles. The Kier molecular flexibility index (Phi) is 7.88. The molecule has 3 aromatic rings. The molecule has 0 aliphatic carbocycles. The number of aliphatic hydroxyl groups excluding tert-OH is 1. The molecule has 1 aliphatic rings. The van der Waals surface area contributed by atoms with Crippen molar-refractivity contribution >= 4 is 0 Å². The molecule has 4 rings (SSSR count). The molecule has 5 nitrogen and oxygen atoms in total. The van der Waals surface area contributed by atoms with Crippen LogP contribution in [0.25, 0.3) is 0 Å². The first-order valence-corrected chi connectivity index (χ1v) is 11.4. The zero-order valence-corrected chi connectivity index (χ0v) is 18.9. The highest BCUT2D eigenvalue weighted by molar-refractivity contribution is 5.29. The van der Waals surface area contributed by atoms with E-state index < -0.39 is 6.10 Å². The molecule has 0 saturated carbocycles. The molecule has 0 unspecified atom stereocenters. The highest BCUT2D eigenvalue weighted by atomic mass is 16.5. The number of likely N-dealkylation sites (N-methyl/N-ethyl adjacent to an activating group) is 1. The summed E-state index contributed by atoms with van der Waals surface area (Å²) in [6.07, 6.45) is 3.31. The lowest BCUT2D eigenvalue weighted by molar-refractivity contribution is 0.0637. The van der Waals surface area contributed by atoms with Crippen molar-refractivity contribution in [3.05, 3.63) is 95.3 Å². The van der Waals surface area contributed by atoms with E-state index in [1.54, 1.807) is 0 Å². The van der Waals surface area contributed by atoms with Crippen molar-refractivity contribution in [1.29, 1.82) is 0 Å². The van der Waals surface area contributed by atoms with Crippen LogP contribution in [0.15, 0.2) is 72.9 Å². The van der Waals surface area contributed by atoms with Crippen LogP contribution in [0.3, 0.4) is 0 Å². The normalized spacial score (nSPS) is 14.8. The summed E-state index contributed by atoms with van der Waals surface area (Å²) < 4.78 is 5.93. The van der Waals surface area contributed by atoms with E-state index in [-0.39, 0.29) is 0 Å². The Labute approximate surface area is 191 Å². The number of aliphatic hydroxyl groups is 1. The zero-order chi connectivity index (χ0) is 22.2. The van der Waals surface area contributed by atoms with Gasteiger partial charge in [0.1, 0.15) is 18.5 Å². The van der Waals surface area contributed by atoms with Crippen LogP contribution in [0.1, 0.15) is 22.4 Å². The van der Waals surface area contributed by atoms with Crippen molar-refractivity contribution in [1.82, 2.24) is 14.8 Å². The highest BCUT2D eigenvalue weighted by Gasteiger charge is 2.18.